The lowest BCUT2D eigenvalue weighted by molar-refractivity contribution is 0.669. The van der Waals surface area contributed by atoms with E-state index in [0.717, 1.165) is 12.8 Å². The second-order valence-corrected chi connectivity index (χ2v) is 2.81. The van der Waals surface area contributed by atoms with Gasteiger partial charge in [-0.3, -0.25) is 0 Å². The van der Waals surface area contributed by atoms with Crippen LogP contribution in [0.15, 0.2) is 11.6 Å². The van der Waals surface area contributed by atoms with Gasteiger partial charge in [-0.05, 0) is 18.8 Å². The minimum atomic E-state index is 0.674. The van der Waals surface area contributed by atoms with Gasteiger partial charge in [0.25, 0.3) is 0 Å². The minimum Gasteiger partial charge on any atom is -0.0979 e. The Morgan fingerprint density at radius 2 is 2.50 bits per heavy atom. The first-order valence-electron chi connectivity index (χ1n) is 4.03. The third-order valence-corrected chi connectivity index (χ3v) is 2.01. The molecule has 1 unspecified atom stereocenters. The number of hydrogen-bond acceptors (Lipinski definition) is 0. The molecule has 0 bridgehead atoms. The first-order valence-corrected chi connectivity index (χ1v) is 4.03. The predicted molar refractivity (Wildman–Crippen MR) is 44.5 cm³/mol. The molecule has 0 amide bonds. The van der Waals surface area contributed by atoms with Crippen molar-refractivity contribution >= 4 is 0 Å². The van der Waals surface area contributed by atoms with Crippen molar-refractivity contribution in [1.82, 2.24) is 0 Å². The van der Waals surface area contributed by atoms with E-state index in [9.17, 15) is 0 Å². The smallest absolute Gasteiger partial charge is 0.0127 e. The first kappa shape index (κ1) is 7.41. The molecule has 0 aromatic rings. The quantitative estimate of drug-likeness (QED) is 0.509. The highest BCUT2D eigenvalue weighted by Gasteiger charge is 2.04. The number of rotatable bonds is 2. The van der Waals surface area contributed by atoms with Gasteiger partial charge in [0.1, 0.15) is 0 Å². The van der Waals surface area contributed by atoms with E-state index in [2.05, 4.69) is 31.8 Å². The van der Waals surface area contributed by atoms with E-state index >= 15 is 0 Å². The summed E-state index contributed by atoms with van der Waals surface area (Å²) in [5.41, 5.74) is 1.36. The van der Waals surface area contributed by atoms with Crippen molar-refractivity contribution < 1.29 is 0 Å². The number of hydrogen-bond donors (Lipinski definition) is 0. The molecule has 0 aromatic heterocycles. The maximum atomic E-state index is 3.18. The maximum Gasteiger partial charge on any atom is 0.0127 e. The van der Waals surface area contributed by atoms with Crippen molar-refractivity contribution in [3.05, 3.63) is 11.6 Å². The summed E-state index contributed by atoms with van der Waals surface area (Å²) in [4.78, 5) is 0. The summed E-state index contributed by atoms with van der Waals surface area (Å²) in [7, 11) is 0. The van der Waals surface area contributed by atoms with E-state index in [4.69, 9.17) is 0 Å². The molecule has 0 radical (unpaired) electrons. The molecule has 0 nitrogen and oxygen atoms in total. The van der Waals surface area contributed by atoms with Gasteiger partial charge >= 0.3 is 0 Å². The van der Waals surface area contributed by atoms with E-state index < -0.39 is 0 Å². The summed E-state index contributed by atoms with van der Waals surface area (Å²) in [6.45, 7) is 4.45. The van der Waals surface area contributed by atoms with E-state index in [1.807, 2.05) is 0 Å². The zero-order valence-electron chi connectivity index (χ0n) is 6.78. The van der Waals surface area contributed by atoms with Crippen molar-refractivity contribution in [1.29, 1.82) is 0 Å². The molecule has 0 saturated carbocycles. The van der Waals surface area contributed by atoms with Gasteiger partial charge in [-0.25, -0.2) is 0 Å². The van der Waals surface area contributed by atoms with Crippen molar-refractivity contribution in [2.45, 2.75) is 33.1 Å². The van der Waals surface area contributed by atoms with Crippen LogP contribution >= 0.6 is 0 Å². The fraction of sp³-hybridized carbons (Fsp3) is 0.600. The lowest BCUT2D eigenvalue weighted by Crippen LogP contribution is -1.97. The molecule has 0 saturated heterocycles. The highest BCUT2D eigenvalue weighted by Crippen LogP contribution is 2.16. The lowest BCUT2D eigenvalue weighted by Gasteiger charge is -2.09. The topological polar surface area (TPSA) is 0 Å². The molecule has 0 aliphatic heterocycles. The lowest BCUT2D eigenvalue weighted by atomic mass is 9.95. The Labute approximate surface area is 63.3 Å². The Morgan fingerprint density at radius 3 is 3.00 bits per heavy atom. The molecular formula is C10H14. The summed E-state index contributed by atoms with van der Waals surface area (Å²) in [6, 6.07) is 0. The van der Waals surface area contributed by atoms with Gasteiger partial charge in [-0.1, -0.05) is 31.8 Å². The predicted octanol–water partition coefficient (Wildman–Crippen LogP) is 2.76. The zero-order chi connectivity index (χ0) is 7.40. The number of allylic oxidation sites excluding steroid dienone is 2. The van der Waals surface area contributed by atoms with Gasteiger partial charge in [0.2, 0.25) is 0 Å². The van der Waals surface area contributed by atoms with Gasteiger partial charge in [-0.2, -0.15) is 0 Å². The average molecular weight is 134 g/mol. The summed E-state index contributed by atoms with van der Waals surface area (Å²) in [5, 5.41) is 0. The molecule has 1 rings (SSSR count). The van der Waals surface area contributed by atoms with Crippen LogP contribution in [0.4, 0.5) is 0 Å². The molecule has 0 fully saturated rings. The van der Waals surface area contributed by atoms with E-state index in [1.165, 1.54) is 12.0 Å². The Morgan fingerprint density at radius 1 is 1.70 bits per heavy atom. The second kappa shape index (κ2) is 3.46. The van der Waals surface area contributed by atoms with Gasteiger partial charge in [0, 0.05) is 12.0 Å². The summed E-state index contributed by atoms with van der Waals surface area (Å²) in [5.74, 6) is 6.99. The molecule has 0 aromatic carbocycles. The van der Waals surface area contributed by atoms with Crippen LogP contribution in [0.1, 0.15) is 33.1 Å². The SMILES string of the molecule is CCC(C)C1=CCCC#C1. The van der Waals surface area contributed by atoms with Crippen LogP contribution in [0.25, 0.3) is 0 Å². The van der Waals surface area contributed by atoms with Crippen LogP contribution in [-0.2, 0) is 0 Å². The van der Waals surface area contributed by atoms with Gasteiger partial charge in [0.05, 0.1) is 0 Å². The average Bonchev–Trinajstić information content (AvgIpc) is 2.05. The molecule has 54 valence electrons. The zero-order valence-corrected chi connectivity index (χ0v) is 6.78. The van der Waals surface area contributed by atoms with E-state index in [1.54, 1.807) is 0 Å². The maximum absolute atomic E-state index is 3.18. The van der Waals surface area contributed by atoms with E-state index in [0.29, 0.717) is 5.92 Å². The Hall–Kier alpha value is -0.700. The molecule has 0 spiro atoms. The van der Waals surface area contributed by atoms with E-state index in [-0.39, 0.29) is 0 Å². The Kier molecular flexibility index (Phi) is 2.57. The highest BCUT2D eigenvalue weighted by molar-refractivity contribution is 5.33. The Bertz CT molecular complexity index is 188. The monoisotopic (exact) mass is 134 g/mol. The van der Waals surface area contributed by atoms with Crippen LogP contribution in [0.5, 0.6) is 0 Å². The van der Waals surface area contributed by atoms with Crippen LogP contribution in [0, 0.1) is 17.8 Å². The molecule has 1 aliphatic rings. The van der Waals surface area contributed by atoms with Gasteiger partial charge < -0.3 is 0 Å². The molecule has 0 N–H and O–H groups in total. The van der Waals surface area contributed by atoms with Crippen LogP contribution in [0.2, 0.25) is 0 Å². The van der Waals surface area contributed by atoms with Crippen LogP contribution < -0.4 is 0 Å². The van der Waals surface area contributed by atoms with Gasteiger partial charge in [-0.15, -0.1) is 0 Å². The third-order valence-electron chi connectivity index (χ3n) is 2.01. The molecule has 0 heterocycles. The third kappa shape index (κ3) is 1.64. The summed E-state index contributed by atoms with van der Waals surface area (Å²) < 4.78 is 0. The summed E-state index contributed by atoms with van der Waals surface area (Å²) >= 11 is 0. The normalized spacial score (nSPS) is 18.8. The fourth-order valence-corrected chi connectivity index (χ4v) is 1.06. The molecule has 1 aliphatic carbocycles. The fourth-order valence-electron chi connectivity index (χ4n) is 1.06. The minimum absolute atomic E-state index is 0.674. The standard InChI is InChI=1S/C10H14/c1-3-9(2)10-7-5-4-6-8-10/h7,9H,3-5H2,1-2H3. The van der Waals surface area contributed by atoms with Crippen LogP contribution in [-0.4, -0.2) is 0 Å². The van der Waals surface area contributed by atoms with Gasteiger partial charge in [0.15, 0.2) is 0 Å². The molecule has 0 heteroatoms. The second-order valence-electron chi connectivity index (χ2n) is 2.81. The first-order chi connectivity index (χ1) is 4.84. The van der Waals surface area contributed by atoms with Crippen molar-refractivity contribution in [2.75, 3.05) is 0 Å². The van der Waals surface area contributed by atoms with Crippen LogP contribution in [0.3, 0.4) is 0 Å². The molecule has 1 atom stereocenters. The van der Waals surface area contributed by atoms with Crippen molar-refractivity contribution in [3.63, 3.8) is 0 Å². The highest BCUT2D eigenvalue weighted by atomic mass is 14.1. The van der Waals surface area contributed by atoms with Crippen molar-refractivity contribution in [3.8, 4) is 11.8 Å². The summed E-state index contributed by atoms with van der Waals surface area (Å²) in [6.07, 6.45) is 5.71. The Balaban J connectivity index is 2.60. The largest absolute Gasteiger partial charge is 0.0979 e. The molecular weight excluding hydrogens is 120 g/mol. The van der Waals surface area contributed by atoms with Crippen molar-refractivity contribution in [2.24, 2.45) is 5.92 Å². The molecule has 10 heavy (non-hydrogen) atoms.